The number of amides is 2. The molecule has 0 aliphatic heterocycles. The Morgan fingerprint density at radius 1 is 0.465 bits per heavy atom. The van der Waals surface area contributed by atoms with E-state index in [2.05, 4.69) is 40.5 Å². The van der Waals surface area contributed by atoms with Gasteiger partial charge in [-0.3, -0.25) is 19.0 Å². The molecule has 0 fully saturated rings. The van der Waals surface area contributed by atoms with Crippen molar-refractivity contribution in [1.82, 2.24) is 0 Å². The molecule has 6 aromatic rings. The Morgan fingerprint density at radius 2 is 0.789 bits per heavy atom. The molecule has 6 rings (SSSR count). The number of hydrogen-bond acceptors (Lipinski definition) is 18. The Balaban J connectivity index is 0.000000304. The summed E-state index contributed by atoms with van der Waals surface area (Å²) in [6.45, 7) is 2.16. The molecule has 0 aliphatic rings. The Morgan fingerprint density at radius 3 is 1.11 bits per heavy atom. The first-order valence-corrected chi connectivity index (χ1v) is 22.7. The molecule has 0 bridgehead atoms. The van der Waals surface area contributed by atoms with Gasteiger partial charge in [-0.25, -0.2) is 16.8 Å². The van der Waals surface area contributed by atoms with Crippen molar-refractivity contribution in [2.24, 2.45) is 20.5 Å². The smallest absolute Gasteiger partial charge is 0.874 e. The summed E-state index contributed by atoms with van der Waals surface area (Å²) in [5.74, 6) is -7.85. The van der Waals surface area contributed by atoms with Gasteiger partial charge in [0, 0.05) is 22.5 Å². The second-order valence-electron chi connectivity index (χ2n) is 14.0. The van der Waals surface area contributed by atoms with Gasteiger partial charge in [0.15, 0.2) is 0 Å². The first-order valence-electron chi connectivity index (χ1n) is 19.8. The fraction of sp³-hybridized carbons (Fsp3) is 0.0435. The Labute approximate surface area is 414 Å². The number of anilines is 4. The van der Waals surface area contributed by atoms with Crippen molar-refractivity contribution in [2.45, 2.75) is 23.6 Å². The van der Waals surface area contributed by atoms with Crippen LogP contribution in [0.15, 0.2) is 199 Å². The summed E-state index contributed by atoms with van der Waals surface area (Å²) >= 11 is 0. The van der Waals surface area contributed by atoms with E-state index in [-0.39, 0.29) is 39.3 Å². The number of nitrogens with one attached hydrogen (secondary N) is 4. The predicted octanol–water partition coefficient (Wildman–Crippen LogP) is 2.47. The number of rotatable bonds is 16. The normalized spacial score (nSPS) is 12.0. The SMILES string of the molecule is C/C([O-])=C(/N=Nc1cc(S(=O)(=O)Nc2ccccc2C(=O)[O-])ccc1[O-])C(=O)Nc1ccccc1.C/C([O-])=C(/N=Nc1cc(S(=O)(=O)Nc2ccccc2C(=O)[O-])ccc1[O-])C(=O)Nc1ccccc1.[Co+3]. The monoisotopic (exact) mass is 1050 g/mol. The molecule has 0 atom stereocenters. The first kappa shape index (κ1) is 54.7. The molecule has 4 N–H and O–H groups in total. The van der Waals surface area contributed by atoms with E-state index in [1.807, 2.05) is 0 Å². The van der Waals surface area contributed by atoms with Crippen LogP contribution in [0.3, 0.4) is 0 Å². The Bertz CT molecular complexity index is 3090. The van der Waals surface area contributed by atoms with Crippen LogP contribution in [0.25, 0.3) is 0 Å². The number of carbonyl (C=O) groups excluding carboxylic acids is 4. The molecule has 366 valence electrons. The molecule has 0 aromatic heterocycles. The maximum atomic E-state index is 12.8. The Kier molecular flexibility index (Phi) is 18.8. The van der Waals surface area contributed by atoms with Crippen LogP contribution < -0.4 is 50.7 Å². The van der Waals surface area contributed by atoms with Crippen molar-refractivity contribution in [1.29, 1.82) is 0 Å². The molecule has 0 unspecified atom stereocenters. The molecule has 0 radical (unpaired) electrons. The predicted molar refractivity (Wildman–Crippen MR) is 240 cm³/mol. The van der Waals surface area contributed by atoms with Gasteiger partial charge >= 0.3 is 16.8 Å². The third-order valence-corrected chi connectivity index (χ3v) is 11.7. The van der Waals surface area contributed by atoms with Crippen LogP contribution in [0.5, 0.6) is 11.5 Å². The first-order chi connectivity index (χ1) is 33.2. The van der Waals surface area contributed by atoms with Gasteiger partial charge < -0.3 is 50.9 Å². The van der Waals surface area contributed by atoms with Gasteiger partial charge in [-0.2, -0.15) is 10.2 Å². The van der Waals surface area contributed by atoms with E-state index < -0.39 is 99.4 Å². The third kappa shape index (κ3) is 15.0. The van der Waals surface area contributed by atoms with Crippen LogP contribution >= 0.6 is 0 Å². The van der Waals surface area contributed by atoms with Crippen LogP contribution in [-0.2, 0) is 46.4 Å². The van der Waals surface area contributed by atoms with Crippen LogP contribution in [-0.4, -0.2) is 40.6 Å². The van der Waals surface area contributed by atoms with Crippen molar-refractivity contribution in [2.75, 3.05) is 20.1 Å². The summed E-state index contributed by atoms with van der Waals surface area (Å²) in [4.78, 5) is 46.4. The van der Waals surface area contributed by atoms with Crippen molar-refractivity contribution in [3.8, 4) is 11.5 Å². The summed E-state index contributed by atoms with van der Waals surface area (Å²) in [7, 11) is -8.71. The largest absolute Gasteiger partial charge is 3.00 e. The van der Waals surface area contributed by atoms with Gasteiger partial charge in [0.2, 0.25) is 0 Å². The van der Waals surface area contributed by atoms with Gasteiger partial charge in [-0.05, 0) is 60.7 Å². The summed E-state index contributed by atoms with van der Waals surface area (Å²) in [6.07, 6.45) is 0. The number of allylic oxidation sites excluding steroid dienone is 2. The van der Waals surface area contributed by atoms with Gasteiger partial charge in [0.25, 0.3) is 31.9 Å². The summed E-state index contributed by atoms with van der Waals surface area (Å²) in [5, 5.41) is 90.0. The minimum Gasteiger partial charge on any atom is -0.874 e. The zero-order valence-electron chi connectivity index (χ0n) is 36.5. The molecular weight excluding hydrogens is 1010 g/mol. The number of sulfonamides is 2. The van der Waals surface area contributed by atoms with Crippen LogP contribution in [0.4, 0.5) is 34.1 Å². The zero-order chi connectivity index (χ0) is 51.2. The van der Waals surface area contributed by atoms with E-state index in [1.54, 1.807) is 60.7 Å². The van der Waals surface area contributed by atoms with Crippen molar-refractivity contribution in [3.05, 3.63) is 180 Å². The average molecular weight is 1050 g/mol. The van der Waals surface area contributed by atoms with Gasteiger partial charge in [-0.15, -0.1) is 21.7 Å². The molecule has 2 amide bonds. The van der Waals surface area contributed by atoms with Crippen molar-refractivity contribution < 1.29 is 83.4 Å². The van der Waals surface area contributed by atoms with Crippen LogP contribution in [0.2, 0.25) is 0 Å². The number of carboxylic acid groups (broad SMARTS) is 2. The molecule has 6 aromatic carbocycles. The van der Waals surface area contributed by atoms with E-state index in [9.17, 15) is 66.7 Å². The molecule has 0 saturated heterocycles. The second-order valence-corrected chi connectivity index (χ2v) is 17.4. The average Bonchev–Trinajstić information content (AvgIpc) is 3.30. The minimum atomic E-state index is -4.36. The molecule has 25 heteroatoms. The number of hydrogen-bond donors (Lipinski definition) is 4. The molecule has 0 heterocycles. The van der Waals surface area contributed by atoms with Crippen LogP contribution in [0.1, 0.15) is 34.6 Å². The molecule has 71 heavy (non-hydrogen) atoms. The van der Waals surface area contributed by atoms with E-state index in [1.165, 1.54) is 36.4 Å². The maximum Gasteiger partial charge on any atom is 3.00 e. The number of nitrogens with zero attached hydrogens (tertiary/aromatic N) is 4. The quantitative estimate of drug-likeness (QED) is 0.0615. The fourth-order valence-corrected chi connectivity index (χ4v) is 7.77. The number of carbonyl (C=O) groups is 4. The number of para-hydroxylation sites is 4. The minimum absolute atomic E-state index is 0. The van der Waals surface area contributed by atoms with E-state index >= 15 is 0 Å². The molecule has 22 nitrogen and oxygen atoms in total. The molecule has 0 spiro atoms. The van der Waals surface area contributed by atoms with Crippen LogP contribution in [0, 0.1) is 0 Å². The summed E-state index contributed by atoms with van der Waals surface area (Å²) in [5.41, 5.74) is -2.62. The molecule has 0 saturated carbocycles. The number of carboxylic acids is 2. The number of benzene rings is 6. The number of azo groups is 2. The van der Waals surface area contributed by atoms with Gasteiger partial charge in [0.05, 0.1) is 44.5 Å². The van der Waals surface area contributed by atoms with E-state index in [0.717, 1.165) is 62.4 Å². The summed E-state index contributed by atoms with van der Waals surface area (Å²) < 4.78 is 55.3. The van der Waals surface area contributed by atoms with E-state index in [0.29, 0.717) is 11.4 Å². The Hall–Kier alpha value is -8.91. The maximum absolute atomic E-state index is 12.8. The summed E-state index contributed by atoms with van der Waals surface area (Å²) in [6, 6.07) is 32.4. The van der Waals surface area contributed by atoms with Gasteiger partial charge in [-0.1, -0.05) is 110 Å². The number of aromatic carboxylic acids is 2. The topological polar surface area (TPSA) is 372 Å². The molecular formula is C46H34CoN8O14S2-3. The molecule has 0 aliphatic carbocycles. The van der Waals surface area contributed by atoms with E-state index in [4.69, 9.17) is 0 Å². The standard InChI is InChI=1S/2C23H20N4O7S.Co/c2*1-14(28)21(22(30)24-15-7-3-2-4-8-15)26-25-19-13-16(11-12-20(19)29)35(33,34)27-18-10-6-5-9-17(18)23(31)32;/h2*2-13,27-29H,1H3,(H,24,30)(H,31,32);/q;;+3/p-6/b2*21-14-,26-25?;. The van der Waals surface area contributed by atoms with Gasteiger partial charge in [0.1, 0.15) is 11.4 Å². The van der Waals surface area contributed by atoms with Crippen molar-refractivity contribution >= 4 is 77.9 Å². The zero-order valence-corrected chi connectivity index (χ0v) is 39.2. The fourth-order valence-electron chi connectivity index (χ4n) is 5.58. The second kappa shape index (κ2) is 24.4. The van der Waals surface area contributed by atoms with Crippen molar-refractivity contribution in [3.63, 3.8) is 0 Å². The third-order valence-electron chi connectivity index (χ3n) is 8.94.